The molecule has 0 saturated carbocycles. The van der Waals surface area contributed by atoms with E-state index in [0.717, 1.165) is 22.4 Å². The molecule has 4 rings (SSSR count). The van der Waals surface area contributed by atoms with E-state index in [2.05, 4.69) is 31.7 Å². The number of para-hydroxylation sites is 1. The molecular weight excluding hydrogens is 404 g/mol. The van der Waals surface area contributed by atoms with Gasteiger partial charge in [-0.05, 0) is 51.0 Å². The van der Waals surface area contributed by atoms with Crippen LogP contribution in [0.25, 0.3) is 17.1 Å². The molecule has 0 saturated heterocycles. The first kappa shape index (κ1) is 21.4. The van der Waals surface area contributed by atoms with Gasteiger partial charge < -0.3 is 9.84 Å². The highest BCUT2D eigenvalue weighted by Gasteiger charge is 2.22. The first-order chi connectivity index (χ1) is 15.2. The minimum Gasteiger partial charge on any atom is -0.334 e. The number of rotatable bonds is 5. The number of aryl methyl sites for hydroxylation is 4. The summed E-state index contributed by atoms with van der Waals surface area (Å²) in [6.45, 7) is 11.7. The number of hydrogen-bond donors (Lipinski definition) is 1. The highest BCUT2D eigenvalue weighted by molar-refractivity contribution is 6.05. The molecule has 0 fully saturated rings. The fourth-order valence-electron chi connectivity index (χ4n) is 3.49. The molecule has 164 valence electrons. The average Bonchev–Trinajstić information content (AvgIpc) is 3.37. The number of carbonyl (C=O) groups is 1. The molecule has 32 heavy (non-hydrogen) atoms. The summed E-state index contributed by atoms with van der Waals surface area (Å²) in [5.74, 6) is 0.769. The van der Waals surface area contributed by atoms with Crippen molar-refractivity contribution in [2.24, 2.45) is 0 Å². The van der Waals surface area contributed by atoms with Crippen LogP contribution < -0.4 is 5.32 Å². The third-order valence-corrected chi connectivity index (χ3v) is 5.26. The van der Waals surface area contributed by atoms with Crippen LogP contribution in [0.5, 0.6) is 0 Å². The van der Waals surface area contributed by atoms with Gasteiger partial charge in [-0.25, -0.2) is 0 Å². The van der Waals surface area contributed by atoms with Crippen molar-refractivity contribution in [1.82, 2.24) is 25.1 Å². The van der Waals surface area contributed by atoms with Crippen molar-refractivity contribution in [3.05, 3.63) is 70.3 Å². The van der Waals surface area contributed by atoms with Crippen molar-refractivity contribution in [3.8, 4) is 17.1 Å². The van der Waals surface area contributed by atoms with Crippen LogP contribution in [0.4, 0.5) is 5.69 Å². The minimum atomic E-state index is -0.349. The number of carbonyl (C=O) groups excluding carboxylic acids is 1. The van der Waals surface area contributed by atoms with Gasteiger partial charge in [-0.3, -0.25) is 4.79 Å². The van der Waals surface area contributed by atoms with Crippen LogP contribution in [0.3, 0.4) is 0 Å². The largest absolute Gasteiger partial charge is 0.334 e. The maximum absolute atomic E-state index is 13.2. The van der Waals surface area contributed by atoms with Crippen molar-refractivity contribution < 1.29 is 9.32 Å². The van der Waals surface area contributed by atoms with Crippen LogP contribution in [0.15, 0.2) is 40.9 Å². The van der Waals surface area contributed by atoms with E-state index in [9.17, 15) is 4.79 Å². The highest BCUT2D eigenvalue weighted by Crippen LogP contribution is 2.31. The highest BCUT2D eigenvalue weighted by atomic mass is 16.5. The van der Waals surface area contributed by atoms with Crippen molar-refractivity contribution in [2.75, 3.05) is 5.32 Å². The Morgan fingerprint density at radius 2 is 1.81 bits per heavy atom. The van der Waals surface area contributed by atoms with Gasteiger partial charge >= 0.3 is 0 Å². The number of nitrogens with zero attached hydrogens (tertiary/aromatic N) is 5. The van der Waals surface area contributed by atoms with Crippen molar-refractivity contribution in [3.63, 3.8) is 0 Å². The van der Waals surface area contributed by atoms with Gasteiger partial charge in [-0.2, -0.15) is 14.9 Å². The second-order valence-corrected chi connectivity index (χ2v) is 8.28. The molecular formula is C24H26N6O2. The van der Waals surface area contributed by atoms with E-state index in [0.29, 0.717) is 28.7 Å². The third-order valence-electron chi connectivity index (χ3n) is 5.26. The number of benzene rings is 2. The van der Waals surface area contributed by atoms with Crippen molar-refractivity contribution in [1.29, 1.82) is 0 Å². The van der Waals surface area contributed by atoms with E-state index in [4.69, 9.17) is 4.52 Å². The fourth-order valence-corrected chi connectivity index (χ4v) is 3.49. The van der Waals surface area contributed by atoms with E-state index < -0.39 is 0 Å². The molecule has 0 radical (unpaired) electrons. The zero-order valence-corrected chi connectivity index (χ0v) is 19.1. The lowest BCUT2D eigenvalue weighted by Crippen LogP contribution is -2.16. The lowest BCUT2D eigenvalue weighted by atomic mass is 10.1. The standard InChI is InChI=1S/C24H26N6O2/c1-13(2)22-26-24(32-29-22)18-9-7-8-15(4)20(18)25-23(31)21-17(6)27-30(28-21)19-11-10-14(3)12-16(19)5/h7-13H,1-6H3,(H,25,31). The third kappa shape index (κ3) is 4.03. The van der Waals surface area contributed by atoms with Crippen LogP contribution in [-0.4, -0.2) is 31.0 Å². The molecule has 4 aromatic rings. The lowest BCUT2D eigenvalue weighted by molar-refractivity contribution is 0.102. The smallest absolute Gasteiger partial charge is 0.278 e. The van der Waals surface area contributed by atoms with Gasteiger partial charge in [0.2, 0.25) is 0 Å². The van der Waals surface area contributed by atoms with Gasteiger partial charge in [0.25, 0.3) is 11.8 Å². The molecule has 1 amide bonds. The van der Waals surface area contributed by atoms with Gasteiger partial charge in [-0.1, -0.05) is 48.8 Å². The van der Waals surface area contributed by atoms with Crippen molar-refractivity contribution >= 4 is 11.6 Å². The summed E-state index contributed by atoms with van der Waals surface area (Å²) in [4.78, 5) is 19.2. The maximum atomic E-state index is 13.2. The van der Waals surface area contributed by atoms with Gasteiger partial charge in [0.15, 0.2) is 11.5 Å². The summed E-state index contributed by atoms with van der Waals surface area (Å²) < 4.78 is 5.46. The Morgan fingerprint density at radius 1 is 1.03 bits per heavy atom. The molecule has 1 N–H and O–H groups in total. The van der Waals surface area contributed by atoms with E-state index in [1.807, 2.05) is 65.0 Å². The molecule has 0 atom stereocenters. The normalized spacial score (nSPS) is 11.2. The van der Waals surface area contributed by atoms with Crippen LogP contribution in [-0.2, 0) is 0 Å². The molecule has 0 aliphatic carbocycles. The van der Waals surface area contributed by atoms with Crippen LogP contribution in [0.1, 0.15) is 58.5 Å². The van der Waals surface area contributed by atoms with Crippen molar-refractivity contribution in [2.45, 2.75) is 47.5 Å². The number of aromatic nitrogens is 5. The molecule has 2 aromatic carbocycles. The number of anilines is 1. The zero-order chi connectivity index (χ0) is 23.0. The van der Waals surface area contributed by atoms with E-state index >= 15 is 0 Å². The monoisotopic (exact) mass is 430 g/mol. The Balaban J connectivity index is 1.67. The Bertz CT molecular complexity index is 1300. The summed E-state index contributed by atoms with van der Waals surface area (Å²) in [7, 11) is 0. The number of nitrogens with one attached hydrogen (secondary N) is 1. The van der Waals surface area contributed by atoms with Gasteiger partial charge in [0.05, 0.1) is 22.6 Å². The minimum absolute atomic E-state index is 0.137. The molecule has 0 bridgehead atoms. The summed E-state index contributed by atoms with van der Waals surface area (Å²) in [6, 6.07) is 11.7. The molecule has 0 unspecified atom stereocenters. The summed E-state index contributed by atoms with van der Waals surface area (Å²) in [5, 5.41) is 16.0. The molecule has 2 heterocycles. The van der Waals surface area contributed by atoms with Gasteiger partial charge in [0, 0.05) is 5.92 Å². The molecule has 0 aliphatic rings. The molecule has 8 nitrogen and oxygen atoms in total. The fraction of sp³-hybridized carbons (Fsp3) is 0.292. The second-order valence-electron chi connectivity index (χ2n) is 8.28. The summed E-state index contributed by atoms with van der Waals surface area (Å²) in [6.07, 6.45) is 0. The Kier molecular flexibility index (Phi) is 5.61. The summed E-state index contributed by atoms with van der Waals surface area (Å²) >= 11 is 0. The number of amides is 1. The van der Waals surface area contributed by atoms with E-state index in [1.165, 1.54) is 4.80 Å². The molecule has 2 aromatic heterocycles. The SMILES string of the molecule is Cc1ccc(-n2nc(C)c(C(=O)Nc3c(C)cccc3-c3nc(C(C)C)no3)n2)c(C)c1. The lowest BCUT2D eigenvalue weighted by Gasteiger charge is -2.11. The first-order valence-corrected chi connectivity index (χ1v) is 10.5. The van der Waals surface area contributed by atoms with Crippen LogP contribution in [0, 0.1) is 27.7 Å². The zero-order valence-electron chi connectivity index (χ0n) is 19.1. The first-order valence-electron chi connectivity index (χ1n) is 10.5. The predicted molar refractivity (Wildman–Crippen MR) is 122 cm³/mol. The number of hydrogen-bond acceptors (Lipinski definition) is 6. The molecule has 0 spiro atoms. The predicted octanol–water partition coefficient (Wildman–Crippen LogP) is 4.93. The topological polar surface area (TPSA) is 98.7 Å². The van der Waals surface area contributed by atoms with Gasteiger partial charge in [0.1, 0.15) is 0 Å². The van der Waals surface area contributed by atoms with Crippen LogP contribution in [0.2, 0.25) is 0 Å². The summed E-state index contributed by atoms with van der Waals surface area (Å²) in [5.41, 5.74) is 5.97. The Hall–Kier alpha value is -3.81. The molecule has 8 heteroatoms. The second kappa shape index (κ2) is 8.37. The van der Waals surface area contributed by atoms with E-state index in [1.54, 1.807) is 6.92 Å². The maximum Gasteiger partial charge on any atom is 0.278 e. The van der Waals surface area contributed by atoms with E-state index in [-0.39, 0.29) is 17.5 Å². The molecule has 0 aliphatic heterocycles. The van der Waals surface area contributed by atoms with Gasteiger partial charge in [-0.15, -0.1) is 5.10 Å². The quantitative estimate of drug-likeness (QED) is 0.482. The Labute approximate surface area is 186 Å². The average molecular weight is 431 g/mol. The Morgan fingerprint density at radius 3 is 2.50 bits per heavy atom. The van der Waals surface area contributed by atoms with Crippen LogP contribution >= 0.6 is 0 Å².